The summed E-state index contributed by atoms with van der Waals surface area (Å²) in [5.74, 6) is 0.384. The molecule has 0 aliphatic carbocycles. The molecule has 5 nitrogen and oxygen atoms in total. The molecule has 2 heterocycles. The number of rotatable bonds is 3. The molecule has 0 aliphatic rings. The highest BCUT2D eigenvalue weighted by atomic mass is 35.5. The first-order valence-corrected chi connectivity index (χ1v) is 9.50. The lowest BCUT2D eigenvalue weighted by Crippen LogP contribution is -2.02. The minimum absolute atomic E-state index is 0.384. The van der Waals surface area contributed by atoms with Crippen molar-refractivity contribution < 1.29 is 0 Å². The zero-order valence-corrected chi connectivity index (χ0v) is 16.1. The standard InChI is InChI=1S/C23H16ClN5/c24-18-12-16(11-17-13-26-29-19(17)18)21-20(14-7-3-1-4-8-14)28-23(25)22(27-21)15-9-5-2-6-10-15/h1-13H,(H2,25,28)(H,26,29). The van der Waals surface area contributed by atoms with Gasteiger partial charge in [-0.3, -0.25) is 5.10 Å². The molecular weight excluding hydrogens is 382 g/mol. The molecule has 29 heavy (non-hydrogen) atoms. The number of nitrogen functional groups attached to an aromatic ring is 1. The highest BCUT2D eigenvalue weighted by molar-refractivity contribution is 6.35. The molecule has 3 N–H and O–H groups in total. The Morgan fingerprint density at radius 1 is 0.724 bits per heavy atom. The molecule has 3 aromatic carbocycles. The monoisotopic (exact) mass is 397 g/mol. The summed E-state index contributed by atoms with van der Waals surface area (Å²) < 4.78 is 0. The van der Waals surface area contributed by atoms with Gasteiger partial charge < -0.3 is 5.73 Å². The summed E-state index contributed by atoms with van der Waals surface area (Å²) >= 11 is 6.50. The average Bonchev–Trinajstić information content (AvgIpc) is 3.24. The molecule has 6 heteroatoms. The molecule has 0 unspecified atom stereocenters. The number of aromatic amines is 1. The molecule has 140 valence electrons. The normalized spacial score (nSPS) is 11.1. The summed E-state index contributed by atoms with van der Waals surface area (Å²) in [6.07, 6.45) is 1.75. The third kappa shape index (κ3) is 3.11. The number of anilines is 1. The summed E-state index contributed by atoms with van der Waals surface area (Å²) in [5.41, 5.74) is 11.9. The van der Waals surface area contributed by atoms with Crippen molar-refractivity contribution in [2.24, 2.45) is 0 Å². The number of aromatic nitrogens is 4. The predicted molar refractivity (Wildman–Crippen MR) is 117 cm³/mol. The molecule has 5 aromatic rings. The Morgan fingerprint density at radius 2 is 1.34 bits per heavy atom. The first-order chi connectivity index (χ1) is 14.2. The molecule has 0 amide bonds. The summed E-state index contributed by atoms with van der Waals surface area (Å²) in [6.45, 7) is 0. The van der Waals surface area contributed by atoms with Gasteiger partial charge in [-0.05, 0) is 12.1 Å². The van der Waals surface area contributed by atoms with Crippen LogP contribution in [0, 0.1) is 0 Å². The van der Waals surface area contributed by atoms with Gasteiger partial charge in [-0.25, -0.2) is 9.97 Å². The Bertz CT molecular complexity index is 1310. The molecule has 2 aromatic heterocycles. The van der Waals surface area contributed by atoms with Gasteiger partial charge in [0.1, 0.15) is 5.69 Å². The number of hydrogen-bond donors (Lipinski definition) is 2. The van der Waals surface area contributed by atoms with Crippen molar-refractivity contribution >= 4 is 28.3 Å². The zero-order chi connectivity index (χ0) is 19.8. The highest BCUT2D eigenvalue weighted by Gasteiger charge is 2.18. The van der Waals surface area contributed by atoms with Crippen LogP contribution in [0.2, 0.25) is 5.02 Å². The molecule has 0 spiro atoms. The average molecular weight is 398 g/mol. The Labute approximate surface area is 172 Å². The van der Waals surface area contributed by atoms with E-state index in [0.29, 0.717) is 27.9 Å². The van der Waals surface area contributed by atoms with Crippen LogP contribution < -0.4 is 5.73 Å². The van der Waals surface area contributed by atoms with Gasteiger partial charge in [0.05, 0.1) is 28.1 Å². The Kier molecular flexibility index (Phi) is 4.22. The second-order valence-corrected chi connectivity index (χ2v) is 7.09. The van der Waals surface area contributed by atoms with Crippen molar-refractivity contribution in [3.05, 3.63) is 84.0 Å². The number of fused-ring (bicyclic) bond motifs is 1. The Balaban J connectivity index is 1.81. The molecule has 5 rings (SSSR count). The fraction of sp³-hybridized carbons (Fsp3) is 0. The van der Waals surface area contributed by atoms with Crippen LogP contribution in [0.15, 0.2) is 79.0 Å². The van der Waals surface area contributed by atoms with Crippen molar-refractivity contribution in [3.8, 4) is 33.8 Å². The Hall–Kier alpha value is -3.70. The molecule has 0 bridgehead atoms. The number of H-pyrrole nitrogens is 1. The van der Waals surface area contributed by atoms with Crippen LogP contribution in [0.4, 0.5) is 5.82 Å². The Morgan fingerprint density at radius 3 is 2.03 bits per heavy atom. The number of hydrogen-bond acceptors (Lipinski definition) is 4. The van der Waals surface area contributed by atoms with Crippen LogP contribution in [-0.2, 0) is 0 Å². The van der Waals surface area contributed by atoms with Gasteiger partial charge in [0.25, 0.3) is 0 Å². The molecule has 0 atom stereocenters. The highest BCUT2D eigenvalue weighted by Crippen LogP contribution is 2.36. The summed E-state index contributed by atoms with van der Waals surface area (Å²) in [7, 11) is 0. The van der Waals surface area contributed by atoms with Gasteiger partial charge in [0, 0.05) is 22.1 Å². The predicted octanol–water partition coefficient (Wildman–Crippen LogP) is 5.59. The third-order valence-electron chi connectivity index (χ3n) is 4.79. The minimum atomic E-state index is 0.384. The quantitative estimate of drug-likeness (QED) is 0.416. The van der Waals surface area contributed by atoms with Crippen molar-refractivity contribution in [1.29, 1.82) is 0 Å². The molecule has 0 radical (unpaired) electrons. The maximum Gasteiger partial charge on any atom is 0.150 e. The maximum absolute atomic E-state index is 6.50. The van der Waals surface area contributed by atoms with Crippen LogP contribution >= 0.6 is 11.6 Å². The summed E-state index contributed by atoms with van der Waals surface area (Å²) in [4.78, 5) is 9.69. The summed E-state index contributed by atoms with van der Waals surface area (Å²) in [6, 6.07) is 23.6. The SMILES string of the molecule is Nc1nc(-c2ccccc2)c(-c2cc(Cl)c3[nH]ncc3c2)nc1-c1ccccc1. The van der Waals surface area contributed by atoms with E-state index in [1.54, 1.807) is 6.20 Å². The number of nitrogens with two attached hydrogens (primary N) is 1. The minimum Gasteiger partial charge on any atom is -0.382 e. The fourth-order valence-corrected chi connectivity index (χ4v) is 3.68. The van der Waals surface area contributed by atoms with E-state index in [-0.39, 0.29) is 0 Å². The van der Waals surface area contributed by atoms with Crippen LogP contribution in [0.25, 0.3) is 44.7 Å². The molecule has 0 saturated heterocycles. The van der Waals surface area contributed by atoms with Gasteiger partial charge >= 0.3 is 0 Å². The van der Waals surface area contributed by atoms with E-state index in [2.05, 4.69) is 10.2 Å². The van der Waals surface area contributed by atoms with Gasteiger partial charge in [0.2, 0.25) is 0 Å². The van der Waals surface area contributed by atoms with Crippen molar-refractivity contribution in [1.82, 2.24) is 20.2 Å². The number of halogens is 1. The topological polar surface area (TPSA) is 80.5 Å². The van der Waals surface area contributed by atoms with E-state index < -0.39 is 0 Å². The number of nitrogens with one attached hydrogen (secondary N) is 1. The van der Waals surface area contributed by atoms with E-state index >= 15 is 0 Å². The molecule has 0 saturated carbocycles. The fourth-order valence-electron chi connectivity index (χ4n) is 3.41. The van der Waals surface area contributed by atoms with Crippen LogP contribution in [0.3, 0.4) is 0 Å². The van der Waals surface area contributed by atoms with E-state index in [4.69, 9.17) is 27.3 Å². The van der Waals surface area contributed by atoms with Crippen LogP contribution in [0.1, 0.15) is 0 Å². The third-order valence-corrected chi connectivity index (χ3v) is 5.09. The second-order valence-electron chi connectivity index (χ2n) is 6.68. The van der Waals surface area contributed by atoms with Gasteiger partial charge in [-0.15, -0.1) is 0 Å². The van der Waals surface area contributed by atoms with Crippen LogP contribution in [0.5, 0.6) is 0 Å². The van der Waals surface area contributed by atoms with Crippen molar-refractivity contribution in [3.63, 3.8) is 0 Å². The molecule has 0 aliphatic heterocycles. The second kappa shape index (κ2) is 7.04. The zero-order valence-electron chi connectivity index (χ0n) is 15.3. The number of benzene rings is 3. The lowest BCUT2D eigenvalue weighted by molar-refractivity contribution is 1.12. The van der Waals surface area contributed by atoms with E-state index in [9.17, 15) is 0 Å². The van der Waals surface area contributed by atoms with Crippen molar-refractivity contribution in [2.75, 3.05) is 5.73 Å². The van der Waals surface area contributed by atoms with Crippen molar-refractivity contribution in [2.45, 2.75) is 0 Å². The summed E-state index contributed by atoms with van der Waals surface area (Å²) in [5, 5.41) is 8.50. The van der Waals surface area contributed by atoms with Gasteiger partial charge in [-0.1, -0.05) is 72.3 Å². The van der Waals surface area contributed by atoms with Crippen LogP contribution in [-0.4, -0.2) is 20.2 Å². The molecular formula is C23H16ClN5. The van der Waals surface area contributed by atoms with E-state index in [1.807, 2.05) is 72.8 Å². The molecule has 0 fully saturated rings. The first kappa shape index (κ1) is 17.4. The largest absolute Gasteiger partial charge is 0.382 e. The van der Waals surface area contributed by atoms with Gasteiger partial charge in [0.15, 0.2) is 5.82 Å². The van der Waals surface area contributed by atoms with E-state index in [0.717, 1.165) is 27.6 Å². The first-order valence-electron chi connectivity index (χ1n) is 9.12. The van der Waals surface area contributed by atoms with Gasteiger partial charge in [-0.2, -0.15) is 5.10 Å². The smallest absolute Gasteiger partial charge is 0.150 e. The number of nitrogens with zero attached hydrogens (tertiary/aromatic N) is 3. The van der Waals surface area contributed by atoms with E-state index in [1.165, 1.54) is 0 Å². The lowest BCUT2D eigenvalue weighted by atomic mass is 10.0. The maximum atomic E-state index is 6.50. The lowest BCUT2D eigenvalue weighted by Gasteiger charge is -2.14.